The average Bonchev–Trinajstić information content (AvgIpc) is 2.72. The van der Waals surface area contributed by atoms with E-state index >= 15 is 0 Å². The molecule has 26 heavy (non-hydrogen) atoms. The molecule has 4 heteroatoms. The number of piperazine rings is 1. The summed E-state index contributed by atoms with van der Waals surface area (Å²) in [6.45, 7) is 7.13. The van der Waals surface area contributed by atoms with Crippen molar-refractivity contribution in [1.82, 2.24) is 10.2 Å². The summed E-state index contributed by atoms with van der Waals surface area (Å²) in [6.07, 6.45) is 2.33. The van der Waals surface area contributed by atoms with Crippen molar-refractivity contribution in [2.45, 2.75) is 32.4 Å². The number of benzene rings is 2. The Morgan fingerprint density at radius 2 is 1.81 bits per heavy atom. The van der Waals surface area contributed by atoms with Gasteiger partial charge >= 0.3 is 0 Å². The van der Waals surface area contributed by atoms with Gasteiger partial charge in [0.1, 0.15) is 6.61 Å². The van der Waals surface area contributed by atoms with Crippen molar-refractivity contribution < 1.29 is 9.47 Å². The van der Waals surface area contributed by atoms with Gasteiger partial charge in [-0.15, -0.1) is 0 Å². The van der Waals surface area contributed by atoms with E-state index in [2.05, 4.69) is 47.5 Å². The Balaban J connectivity index is 1.75. The average molecular weight is 354 g/mol. The molecule has 4 nitrogen and oxygen atoms in total. The van der Waals surface area contributed by atoms with E-state index < -0.39 is 0 Å². The summed E-state index contributed by atoms with van der Waals surface area (Å²) in [7, 11) is 1.72. The Hall–Kier alpha value is -2.04. The fourth-order valence-electron chi connectivity index (χ4n) is 3.57. The zero-order valence-electron chi connectivity index (χ0n) is 15.9. The zero-order chi connectivity index (χ0) is 18.2. The van der Waals surface area contributed by atoms with Gasteiger partial charge in [0.15, 0.2) is 11.5 Å². The minimum absolute atomic E-state index is 0.444. The largest absolute Gasteiger partial charge is 0.493 e. The molecule has 0 unspecified atom stereocenters. The molecule has 1 saturated heterocycles. The summed E-state index contributed by atoms with van der Waals surface area (Å²) in [4.78, 5) is 2.58. The van der Waals surface area contributed by atoms with Crippen molar-refractivity contribution in [1.29, 1.82) is 0 Å². The van der Waals surface area contributed by atoms with Gasteiger partial charge in [0.2, 0.25) is 0 Å². The summed E-state index contributed by atoms with van der Waals surface area (Å²) in [5.41, 5.74) is 2.47. The van der Waals surface area contributed by atoms with Crippen LogP contribution in [0.2, 0.25) is 0 Å². The van der Waals surface area contributed by atoms with Crippen molar-refractivity contribution in [3.05, 3.63) is 59.7 Å². The van der Waals surface area contributed by atoms with Crippen molar-refractivity contribution >= 4 is 0 Å². The van der Waals surface area contributed by atoms with E-state index in [9.17, 15) is 0 Å². The van der Waals surface area contributed by atoms with Crippen molar-refractivity contribution in [2.24, 2.45) is 0 Å². The summed E-state index contributed by atoms with van der Waals surface area (Å²) in [6, 6.07) is 17.1. The Morgan fingerprint density at radius 3 is 2.50 bits per heavy atom. The van der Waals surface area contributed by atoms with Crippen LogP contribution in [0.4, 0.5) is 0 Å². The first-order valence-corrected chi connectivity index (χ1v) is 9.61. The van der Waals surface area contributed by atoms with Crippen molar-refractivity contribution in [3.8, 4) is 11.5 Å². The minimum atomic E-state index is 0.444. The molecule has 140 valence electrons. The summed E-state index contributed by atoms with van der Waals surface area (Å²) >= 11 is 0. The number of nitrogens with one attached hydrogen (secondary N) is 1. The summed E-state index contributed by atoms with van der Waals surface area (Å²) in [5, 5.41) is 3.44. The van der Waals surface area contributed by atoms with Gasteiger partial charge in [-0.25, -0.2) is 0 Å². The highest BCUT2D eigenvalue weighted by Gasteiger charge is 2.22. The van der Waals surface area contributed by atoms with E-state index in [1.54, 1.807) is 7.11 Å². The first-order valence-electron chi connectivity index (χ1n) is 9.61. The highest BCUT2D eigenvalue weighted by atomic mass is 16.5. The van der Waals surface area contributed by atoms with E-state index in [4.69, 9.17) is 9.47 Å². The standard InChI is InChI=1S/C22H30N2O2/c1-3-7-20(24-14-12-23-13-15-24)19-10-11-21(22(16-19)25-2)26-17-18-8-5-4-6-9-18/h4-6,8-11,16,20,23H,3,7,12-15,17H2,1-2H3/t20-/m0/s1. The first kappa shape index (κ1) is 18.7. The molecule has 0 aliphatic carbocycles. The number of hydrogen-bond donors (Lipinski definition) is 1. The number of methoxy groups -OCH3 is 1. The Morgan fingerprint density at radius 1 is 1.04 bits per heavy atom. The molecule has 0 bridgehead atoms. The molecule has 0 radical (unpaired) electrons. The maximum atomic E-state index is 6.01. The highest BCUT2D eigenvalue weighted by Crippen LogP contribution is 2.34. The molecule has 1 fully saturated rings. The molecule has 0 saturated carbocycles. The molecular weight excluding hydrogens is 324 g/mol. The Bertz CT molecular complexity index is 669. The molecule has 2 aromatic rings. The molecule has 3 rings (SSSR count). The normalized spacial score (nSPS) is 16.2. The predicted molar refractivity (Wildman–Crippen MR) is 106 cm³/mol. The monoisotopic (exact) mass is 354 g/mol. The van der Waals surface area contributed by atoms with E-state index in [-0.39, 0.29) is 0 Å². The first-order chi connectivity index (χ1) is 12.8. The highest BCUT2D eigenvalue weighted by molar-refractivity contribution is 5.44. The number of rotatable bonds is 8. The van der Waals surface area contributed by atoms with Crippen LogP contribution in [0.3, 0.4) is 0 Å². The van der Waals surface area contributed by atoms with Crippen LogP contribution in [0.25, 0.3) is 0 Å². The maximum absolute atomic E-state index is 6.01. The van der Waals surface area contributed by atoms with Gasteiger partial charge in [0.25, 0.3) is 0 Å². The quantitative estimate of drug-likeness (QED) is 0.776. The Kier molecular flexibility index (Phi) is 6.92. The van der Waals surface area contributed by atoms with Crippen LogP contribution in [-0.2, 0) is 6.61 Å². The van der Waals surface area contributed by atoms with E-state index in [1.807, 2.05) is 18.2 Å². The summed E-state index contributed by atoms with van der Waals surface area (Å²) < 4.78 is 11.6. The van der Waals surface area contributed by atoms with Crippen LogP contribution in [0.5, 0.6) is 11.5 Å². The smallest absolute Gasteiger partial charge is 0.161 e. The Labute approximate surface area is 157 Å². The van der Waals surface area contributed by atoms with Crippen LogP contribution in [0, 0.1) is 0 Å². The SMILES string of the molecule is CCC[C@@H](c1ccc(OCc2ccccc2)c(OC)c1)N1CCNCC1. The lowest BCUT2D eigenvalue weighted by molar-refractivity contribution is 0.164. The van der Waals surface area contributed by atoms with Gasteiger partial charge < -0.3 is 14.8 Å². The van der Waals surface area contributed by atoms with E-state index in [0.717, 1.165) is 49.7 Å². The molecule has 2 aromatic carbocycles. The van der Waals surface area contributed by atoms with Crippen LogP contribution < -0.4 is 14.8 Å². The van der Waals surface area contributed by atoms with Gasteiger partial charge in [-0.2, -0.15) is 0 Å². The second-order valence-corrected chi connectivity index (χ2v) is 6.78. The topological polar surface area (TPSA) is 33.7 Å². The lowest BCUT2D eigenvalue weighted by Gasteiger charge is -2.35. The second-order valence-electron chi connectivity index (χ2n) is 6.78. The third kappa shape index (κ3) is 4.77. The van der Waals surface area contributed by atoms with Crippen LogP contribution in [0.15, 0.2) is 48.5 Å². The maximum Gasteiger partial charge on any atom is 0.161 e. The van der Waals surface area contributed by atoms with Gasteiger partial charge in [0.05, 0.1) is 7.11 Å². The number of nitrogens with zero attached hydrogens (tertiary/aromatic N) is 1. The fourth-order valence-corrected chi connectivity index (χ4v) is 3.57. The number of hydrogen-bond acceptors (Lipinski definition) is 4. The molecule has 0 aromatic heterocycles. The third-order valence-electron chi connectivity index (χ3n) is 4.96. The molecular formula is C22H30N2O2. The van der Waals surface area contributed by atoms with E-state index in [0.29, 0.717) is 12.6 Å². The molecule has 0 spiro atoms. The van der Waals surface area contributed by atoms with Crippen LogP contribution >= 0.6 is 0 Å². The van der Waals surface area contributed by atoms with Crippen molar-refractivity contribution in [3.63, 3.8) is 0 Å². The number of ether oxygens (including phenoxy) is 2. The van der Waals surface area contributed by atoms with Crippen LogP contribution in [0.1, 0.15) is 36.9 Å². The molecule has 1 N–H and O–H groups in total. The van der Waals surface area contributed by atoms with E-state index in [1.165, 1.54) is 12.0 Å². The lowest BCUT2D eigenvalue weighted by atomic mass is 9.99. The zero-order valence-corrected chi connectivity index (χ0v) is 15.9. The fraction of sp³-hybridized carbons (Fsp3) is 0.455. The van der Waals surface area contributed by atoms with Gasteiger partial charge in [0, 0.05) is 32.2 Å². The van der Waals surface area contributed by atoms with Crippen molar-refractivity contribution in [2.75, 3.05) is 33.3 Å². The van der Waals surface area contributed by atoms with Gasteiger partial charge in [-0.1, -0.05) is 49.7 Å². The predicted octanol–water partition coefficient (Wildman–Crippen LogP) is 4.02. The third-order valence-corrected chi connectivity index (χ3v) is 4.96. The minimum Gasteiger partial charge on any atom is -0.493 e. The molecule has 1 aliphatic heterocycles. The summed E-state index contributed by atoms with van der Waals surface area (Å²) in [5.74, 6) is 1.62. The molecule has 0 amide bonds. The molecule has 1 atom stereocenters. The van der Waals surface area contributed by atoms with Crippen LogP contribution in [-0.4, -0.2) is 38.2 Å². The molecule has 1 heterocycles. The lowest BCUT2D eigenvalue weighted by Crippen LogP contribution is -2.45. The van der Waals surface area contributed by atoms with Gasteiger partial charge in [-0.05, 0) is 29.7 Å². The second kappa shape index (κ2) is 9.60. The molecule has 1 aliphatic rings. The van der Waals surface area contributed by atoms with Gasteiger partial charge in [-0.3, -0.25) is 4.90 Å².